The van der Waals surface area contributed by atoms with Gasteiger partial charge >= 0.3 is 0 Å². The predicted octanol–water partition coefficient (Wildman–Crippen LogP) is 1.60. The maximum Gasteiger partial charge on any atom is 0.244 e. The Balaban J connectivity index is 2.19. The summed E-state index contributed by atoms with van der Waals surface area (Å²) >= 11 is 0. The molecule has 0 aliphatic carbocycles. The number of benzene rings is 1. The van der Waals surface area contributed by atoms with Gasteiger partial charge in [-0.3, -0.25) is 4.98 Å². The van der Waals surface area contributed by atoms with Gasteiger partial charge in [0.05, 0.1) is 5.69 Å². The second-order valence-electron chi connectivity index (χ2n) is 3.93. The van der Waals surface area contributed by atoms with Crippen molar-refractivity contribution in [3.63, 3.8) is 0 Å². The zero-order chi connectivity index (χ0) is 13.7. The van der Waals surface area contributed by atoms with Gasteiger partial charge in [-0.15, -0.1) is 0 Å². The second kappa shape index (κ2) is 5.81. The molecule has 0 saturated heterocycles. The van der Waals surface area contributed by atoms with Gasteiger partial charge in [0, 0.05) is 26.0 Å². The Morgan fingerprint density at radius 3 is 2.58 bits per heavy atom. The van der Waals surface area contributed by atoms with Crippen LogP contribution in [0.5, 0.6) is 0 Å². The fourth-order valence-corrected chi connectivity index (χ4v) is 2.82. The van der Waals surface area contributed by atoms with Gasteiger partial charge in [0.25, 0.3) is 0 Å². The van der Waals surface area contributed by atoms with Crippen molar-refractivity contribution in [1.82, 2.24) is 9.71 Å². The van der Waals surface area contributed by atoms with Gasteiger partial charge in [-0.05, 0) is 11.6 Å². The van der Waals surface area contributed by atoms with E-state index in [0.717, 1.165) is 5.56 Å². The van der Waals surface area contributed by atoms with Gasteiger partial charge in [-0.25, -0.2) is 13.1 Å². The van der Waals surface area contributed by atoms with Crippen molar-refractivity contribution in [1.29, 1.82) is 0 Å². The maximum atomic E-state index is 12.2. The Labute approximate surface area is 112 Å². The van der Waals surface area contributed by atoms with E-state index >= 15 is 0 Å². The SMILES string of the molecule is CNc1ccncc1S(=O)(=O)NCc1ccccc1. The van der Waals surface area contributed by atoms with Gasteiger partial charge in [-0.2, -0.15) is 0 Å². The lowest BCUT2D eigenvalue weighted by Crippen LogP contribution is -2.24. The Hall–Kier alpha value is -1.92. The van der Waals surface area contributed by atoms with Crippen molar-refractivity contribution in [3.05, 3.63) is 54.4 Å². The van der Waals surface area contributed by atoms with E-state index in [1.165, 1.54) is 6.20 Å². The van der Waals surface area contributed by atoms with E-state index in [1.807, 2.05) is 30.3 Å². The van der Waals surface area contributed by atoms with Crippen LogP contribution in [0.2, 0.25) is 0 Å². The smallest absolute Gasteiger partial charge is 0.244 e. The summed E-state index contributed by atoms with van der Waals surface area (Å²) in [5.41, 5.74) is 1.43. The minimum absolute atomic E-state index is 0.147. The van der Waals surface area contributed by atoms with Crippen LogP contribution in [-0.2, 0) is 16.6 Å². The van der Waals surface area contributed by atoms with E-state index in [1.54, 1.807) is 19.3 Å². The summed E-state index contributed by atoms with van der Waals surface area (Å²) in [6, 6.07) is 11.0. The maximum absolute atomic E-state index is 12.2. The molecule has 2 N–H and O–H groups in total. The van der Waals surface area contributed by atoms with Gasteiger partial charge in [0.15, 0.2) is 0 Å². The molecule has 6 heteroatoms. The number of hydrogen-bond acceptors (Lipinski definition) is 4. The number of pyridine rings is 1. The highest BCUT2D eigenvalue weighted by Crippen LogP contribution is 2.18. The topological polar surface area (TPSA) is 71.1 Å². The van der Waals surface area contributed by atoms with E-state index in [9.17, 15) is 8.42 Å². The number of aromatic nitrogens is 1. The lowest BCUT2D eigenvalue weighted by molar-refractivity contribution is 0.581. The van der Waals surface area contributed by atoms with E-state index in [4.69, 9.17) is 0 Å². The molecule has 2 rings (SSSR count). The molecule has 100 valence electrons. The van der Waals surface area contributed by atoms with Crippen LogP contribution in [0.4, 0.5) is 5.69 Å². The van der Waals surface area contributed by atoms with E-state index in [0.29, 0.717) is 5.69 Å². The van der Waals surface area contributed by atoms with Crippen LogP contribution >= 0.6 is 0 Å². The molecular formula is C13H15N3O2S. The molecule has 0 aliphatic rings. The fourth-order valence-electron chi connectivity index (χ4n) is 1.65. The molecule has 0 spiro atoms. The molecule has 1 aromatic heterocycles. The third kappa shape index (κ3) is 3.30. The van der Waals surface area contributed by atoms with Crippen LogP contribution in [0.15, 0.2) is 53.7 Å². The third-order valence-electron chi connectivity index (χ3n) is 2.65. The first-order valence-corrected chi connectivity index (χ1v) is 7.27. The fraction of sp³-hybridized carbons (Fsp3) is 0.154. The van der Waals surface area contributed by atoms with Crippen molar-refractivity contribution in [2.45, 2.75) is 11.4 Å². The second-order valence-corrected chi connectivity index (χ2v) is 5.67. The molecule has 0 fully saturated rings. The first kappa shape index (κ1) is 13.5. The zero-order valence-electron chi connectivity index (χ0n) is 10.5. The predicted molar refractivity (Wildman–Crippen MR) is 74.3 cm³/mol. The van der Waals surface area contributed by atoms with Gasteiger partial charge in [-0.1, -0.05) is 30.3 Å². The zero-order valence-corrected chi connectivity index (χ0v) is 11.3. The van der Waals surface area contributed by atoms with Crippen molar-refractivity contribution in [3.8, 4) is 0 Å². The van der Waals surface area contributed by atoms with Gasteiger partial charge < -0.3 is 5.32 Å². The first-order chi connectivity index (χ1) is 9.13. The summed E-state index contributed by atoms with van der Waals surface area (Å²) < 4.78 is 26.9. The Morgan fingerprint density at radius 1 is 1.16 bits per heavy atom. The number of anilines is 1. The molecule has 1 aromatic carbocycles. The Morgan fingerprint density at radius 2 is 1.89 bits per heavy atom. The molecular weight excluding hydrogens is 262 g/mol. The van der Waals surface area contributed by atoms with Crippen LogP contribution in [-0.4, -0.2) is 20.4 Å². The number of hydrogen-bond donors (Lipinski definition) is 2. The van der Waals surface area contributed by atoms with Gasteiger partial charge in [0.1, 0.15) is 4.90 Å². The number of nitrogens with one attached hydrogen (secondary N) is 2. The summed E-state index contributed by atoms with van der Waals surface area (Å²) in [4.78, 5) is 4.00. The van der Waals surface area contributed by atoms with Crippen molar-refractivity contribution in [2.24, 2.45) is 0 Å². The van der Waals surface area contributed by atoms with E-state index in [-0.39, 0.29) is 11.4 Å². The van der Waals surface area contributed by atoms with Gasteiger partial charge in [0.2, 0.25) is 10.0 Å². The van der Waals surface area contributed by atoms with E-state index < -0.39 is 10.0 Å². The van der Waals surface area contributed by atoms with E-state index in [2.05, 4.69) is 15.0 Å². The molecule has 1 heterocycles. The molecule has 2 aromatic rings. The standard InChI is InChI=1S/C13H15N3O2S/c1-14-12-7-8-15-10-13(12)19(17,18)16-9-11-5-3-2-4-6-11/h2-8,10,16H,9H2,1H3,(H,14,15). The van der Waals surface area contributed by atoms with Crippen LogP contribution in [0.1, 0.15) is 5.56 Å². The molecule has 5 nitrogen and oxygen atoms in total. The Bertz CT molecular complexity index is 642. The molecule has 0 aliphatic heterocycles. The summed E-state index contributed by atoms with van der Waals surface area (Å²) in [6.45, 7) is 0.251. The van der Waals surface area contributed by atoms with Crippen LogP contribution in [0, 0.1) is 0 Å². The minimum atomic E-state index is -3.58. The summed E-state index contributed by atoms with van der Waals surface area (Å²) in [5.74, 6) is 0. The molecule has 0 radical (unpaired) electrons. The minimum Gasteiger partial charge on any atom is -0.387 e. The molecule has 0 saturated carbocycles. The van der Waals surface area contributed by atoms with Crippen molar-refractivity contribution >= 4 is 15.7 Å². The number of sulfonamides is 1. The lowest BCUT2D eigenvalue weighted by Gasteiger charge is -2.10. The highest BCUT2D eigenvalue weighted by Gasteiger charge is 2.17. The van der Waals surface area contributed by atoms with Crippen molar-refractivity contribution < 1.29 is 8.42 Å². The van der Waals surface area contributed by atoms with Crippen LogP contribution in [0.25, 0.3) is 0 Å². The quantitative estimate of drug-likeness (QED) is 0.871. The molecule has 0 unspecified atom stereocenters. The number of nitrogens with zero attached hydrogens (tertiary/aromatic N) is 1. The average Bonchev–Trinajstić information content (AvgIpc) is 2.46. The third-order valence-corrected chi connectivity index (χ3v) is 4.08. The number of rotatable bonds is 5. The summed E-state index contributed by atoms with van der Waals surface area (Å²) in [6.07, 6.45) is 2.88. The lowest BCUT2D eigenvalue weighted by atomic mass is 10.2. The monoisotopic (exact) mass is 277 g/mol. The molecule has 0 atom stereocenters. The van der Waals surface area contributed by atoms with Crippen LogP contribution < -0.4 is 10.0 Å². The average molecular weight is 277 g/mol. The van der Waals surface area contributed by atoms with Crippen LogP contribution in [0.3, 0.4) is 0 Å². The van der Waals surface area contributed by atoms with Crippen molar-refractivity contribution in [2.75, 3.05) is 12.4 Å². The molecule has 0 bridgehead atoms. The largest absolute Gasteiger partial charge is 0.387 e. The highest BCUT2D eigenvalue weighted by molar-refractivity contribution is 7.89. The summed E-state index contributed by atoms with van der Waals surface area (Å²) in [7, 11) is -1.90. The normalized spacial score (nSPS) is 11.2. The summed E-state index contributed by atoms with van der Waals surface area (Å²) in [5, 5.41) is 2.84. The molecule has 19 heavy (non-hydrogen) atoms. The Kier molecular flexibility index (Phi) is 4.13. The first-order valence-electron chi connectivity index (χ1n) is 5.79. The molecule has 0 amide bonds. The highest BCUT2D eigenvalue weighted by atomic mass is 32.2.